The molecule has 1 aliphatic carbocycles. The first kappa shape index (κ1) is 33.8. The Balaban J connectivity index is 1.32. The van der Waals surface area contributed by atoms with Crippen molar-refractivity contribution in [3.05, 3.63) is 0 Å². The first-order valence-electron chi connectivity index (χ1n) is 14.3. The van der Waals surface area contributed by atoms with Gasteiger partial charge in [-0.2, -0.15) is 26.3 Å². The van der Waals surface area contributed by atoms with Crippen LogP contribution in [0, 0.1) is 22.7 Å². The van der Waals surface area contributed by atoms with Crippen molar-refractivity contribution in [2.24, 2.45) is 22.7 Å². The van der Waals surface area contributed by atoms with E-state index in [4.69, 9.17) is 23.7 Å². The third-order valence-corrected chi connectivity index (χ3v) is 8.71. The average Bonchev–Trinajstić information content (AvgIpc) is 3.44. The fourth-order valence-corrected chi connectivity index (χ4v) is 6.34. The highest BCUT2D eigenvalue weighted by Crippen LogP contribution is 2.50. The number of hydrogen-bond acceptors (Lipinski definition) is 9. The molecule has 15 heteroatoms. The van der Waals surface area contributed by atoms with Gasteiger partial charge < -0.3 is 28.4 Å². The molecule has 0 radical (unpaired) electrons. The van der Waals surface area contributed by atoms with Gasteiger partial charge in [-0.25, -0.2) is 4.79 Å². The van der Waals surface area contributed by atoms with Crippen molar-refractivity contribution in [1.29, 1.82) is 0 Å². The Bertz CT molecular complexity index is 1060. The van der Waals surface area contributed by atoms with Crippen LogP contribution in [0.25, 0.3) is 0 Å². The Morgan fingerprint density at radius 2 is 1.51 bits per heavy atom. The number of esters is 3. The molecule has 0 bridgehead atoms. The Hall–Kier alpha value is -2.13. The van der Waals surface area contributed by atoms with Gasteiger partial charge in [0, 0.05) is 19.3 Å². The molecular weight excluding hydrogens is 594 g/mol. The van der Waals surface area contributed by atoms with Crippen molar-refractivity contribution in [3.8, 4) is 0 Å². The standard InChI is InChI=1S/C28H38F6O9/c1-13(2)25(6,12-24(3,4)5)23(37)41-18-16-17(39-20(18)36)19-21(40-16)43-26(42-19)9-7-14(8-10-26)11-15(35)38-22(27(29,30)31)28(32,33)34/h13-14,16-19,21-22H,7-12H2,1-6H3. The molecule has 4 fully saturated rings. The van der Waals surface area contributed by atoms with E-state index in [1.807, 2.05) is 34.6 Å². The molecule has 6 atom stereocenters. The predicted octanol–water partition coefficient (Wildman–Crippen LogP) is 5.38. The molecule has 1 spiro atoms. The number of rotatable bonds is 7. The SMILES string of the molecule is CC(C)C(C)(CC(C)(C)C)C(=O)OC1C(=O)OC2C3OC4(CCC(CC(=O)OC(C(F)(F)F)C(F)(F)F)CC4)OC3OC12. The molecule has 9 nitrogen and oxygen atoms in total. The van der Waals surface area contributed by atoms with Gasteiger partial charge in [-0.3, -0.25) is 9.59 Å². The van der Waals surface area contributed by atoms with Crippen LogP contribution in [0.5, 0.6) is 0 Å². The number of fused-ring (bicyclic) bond motifs is 3. The number of alkyl halides is 6. The quantitative estimate of drug-likeness (QED) is 0.208. The number of halogens is 6. The summed E-state index contributed by atoms with van der Waals surface area (Å²) in [6.45, 7) is 11.6. The van der Waals surface area contributed by atoms with Crippen LogP contribution in [0.3, 0.4) is 0 Å². The van der Waals surface area contributed by atoms with Gasteiger partial charge in [0.15, 0.2) is 24.3 Å². The third kappa shape index (κ3) is 7.08. The molecule has 246 valence electrons. The summed E-state index contributed by atoms with van der Waals surface area (Å²) in [7, 11) is 0. The summed E-state index contributed by atoms with van der Waals surface area (Å²) in [6, 6.07) is 0. The third-order valence-electron chi connectivity index (χ3n) is 8.71. The zero-order chi connectivity index (χ0) is 32.3. The summed E-state index contributed by atoms with van der Waals surface area (Å²) in [6.07, 6.45) is -20.2. The van der Waals surface area contributed by atoms with Gasteiger partial charge in [0.2, 0.25) is 6.10 Å². The second kappa shape index (κ2) is 11.3. The molecular formula is C28H38F6O9. The van der Waals surface area contributed by atoms with E-state index in [0.29, 0.717) is 6.42 Å². The van der Waals surface area contributed by atoms with Gasteiger partial charge in [0.25, 0.3) is 6.10 Å². The molecule has 0 N–H and O–H groups in total. The van der Waals surface area contributed by atoms with E-state index >= 15 is 0 Å². The molecule has 0 amide bonds. The molecule has 3 aliphatic heterocycles. The zero-order valence-corrected chi connectivity index (χ0v) is 24.8. The molecule has 3 heterocycles. The molecule has 0 aromatic rings. The van der Waals surface area contributed by atoms with E-state index in [9.17, 15) is 40.7 Å². The van der Waals surface area contributed by atoms with Crippen LogP contribution in [0.2, 0.25) is 0 Å². The molecule has 43 heavy (non-hydrogen) atoms. The minimum Gasteiger partial charge on any atom is -0.454 e. The van der Waals surface area contributed by atoms with E-state index in [-0.39, 0.29) is 37.0 Å². The van der Waals surface area contributed by atoms with Crippen molar-refractivity contribution in [1.82, 2.24) is 0 Å². The lowest BCUT2D eigenvalue weighted by Gasteiger charge is -2.37. The predicted molar refractivity (Wildman–Crippen MR) is 133 cm³/mol. The Morgan fingerprint density at radius 3 is 2.02 bits per heavy atom. The van der Waals surface area contributed by atoms with Gasteiger partial charge in [-0.05, 0) is 43.4 Å². The maximum atomic E-state index is 13.3. The van der Waals surface area contributed by atoms with Crippen molar-refractivity contribution < 1.29 is 69.1 Å². The fourth-order valence-electron chi connectivity index (χ4n) is 6.34. The first-order valence-corrected chi connectivity index (χ1v) is 14.3. The summed E-state index contributed by atoms with van der Waals surface area (Å²) in [5.74, 6) is -4.77. The Labute approximate surface area is 245 Å². The second-order valence-electron chi connectivity index (χ2n) is 13.7. The summed E-state index contributed by atoms with van der Waals surface area (Å²) in [4.78, 5) is 38.0. The van der Waals surface area contributed by atoms with Crippen molar-refractivity contribution in [3.63, 3.8) is 0 Å². The number of carbonyl (C=O) groups is 3. The molecule has 6 unspecified atom stereocenters. The average molecular weight is 633 g/mol. The maximum absolute atomic E-state index is 13.3. The monoisotopic (exact) mass is 632 g/mol. The van der Waals surface area contributed by atoms with Crippen LogP contribution in [0.4, 0.5) is 26.3 Å². The largest absolute Gasteiger partial charge is 0.454 e. The lowest BCUT2D eigenvalue weighted by Crippen LogP contribution is -2.46. The van der Waals surface area contributed by atoms with E-state index in [1.54, 1.807) is 6.92 Å². The van der Waals surface area contributed by atoms with Crippen molar-refractivity contribution in [2.45, 2.75) is 135 Å². The normalized spacial score (nSPS) is 34.2. The summed E-state index contributed by atoms with van der Waals surface area (Å²) in [5.41, 5.74) is -1.07. The van der Waals surface area contributed by atoms with Crippen molar-refractivity contribution >= 4 is 17.9 Å². The van der Waals surface area contributed by atoms with E-state index in [0.717, 1.165) is 0 Å². The van der Waals surface area contributed by atoms with Crippen LogP contribution in [-0.2, 0) is 42.8 Å². The smallest absolute Gasteiger partial charge is 0.434 e. The minimum absolute atomic E-state index is 0.0875. The van der Waals surface area contributed by atoms with Crippen LogP contribution in [0.1, 0.15) is 80.1 Å². The van der Waals surface area contributed by atoms with Crippen LogP contribution in [0.15, 0.2) is 0 Å². The summed E-state index contributed by atoms with van der Waals surface area (Å²) in [5, 5.41) is 0. The molecule has 4 rings (SSSR count). The highest BCUT2D eigenvalue weighted by molar-refractivity contribution is 5.84. The Kier molecular flexibility index (Phi) is 8.91. The Morgan fingerprint density at radius 1 is 0.930 bits per heavy atom. The van der Waals surface area contributed by atoms with Gasteiger partial charge in [-0.15, -0.1) is 0 Å². The van der Waals surface area contributed by atoms with Crippen LogP contribution >= 0.6 is 0 Å². The highest BCUT2D eigenvalue weighted by Gasteiger charge is 2.66. The summed E-state index contributed by atoms with van der Waals surface area (Å²) < 4.78 is 109. The molecule has 3 saturated heterocycles. The molecule has 1 saturated carbocycles. The topological polar surface area (TPSA) is 107 Å². The van der Waals surface area contributed by atoms with Gasteiger partial charge in [0.1, 0.15) is 6.10 Å². The minimum atomic E-state index is -5.78. The molecule has 0 aromatic heterocycles. The molecule has 4 aliphatic rings. The van der Waals surface area contributed by atoms with Crippen LogP contribution in [-0.4, -0.2) is 72.9 Å². The van der Waals surface area contributed by atoms with Gasteiger partial charge in [-0.1, -0.05) is 34.6 Å². The van der Waals surface area contributed by atoms with Crippen molar-refractivity contribution in [2.75, 3.05) is 0 Å². The van der Waals surface area contributed by atoms with Crippen LogP contribution < -0.4 is 0 Å². The first-order chi connectivity index (χ1) is 19.5. The lowest BCUT2D eigenvalue weighted by atomic mass is 9.69. The van der Waals surface area contributed by atoms with E-state index in [2.05, 4.69) is 4.74 Å². The number of ether oxygens (including phenoxy) is 6. The fraction of sp³-hybridized carbons (Fsp3) is 0.893. The zero-order valence-electron chi connectivity index (χ0n) is 24.8. The number of carbonyl (C=O) groups excluding carboxylic acids is 3. The summed E-state index contributed by atoms with van der Waals surface area (Å²) >= 11 is 0. The van der Waals surface area contributed by atoms with E-state index in [1.165, 1.54) is 0 Å². The van der Waals surface area contributed by atoms with E-state index < -0.39 is 90.6 Å². The molecule has 0 aromatic carbocycles. The second-order valence-corrected chi connectivity index (χ2v) is 13.7. The maximum Gasteiger partial charge on any atom is 0.434 e. The highest BCUT2D eigenvalue weighted by atomic mass is 19.4. The number of hydrogen-bond donors (Lipinski definition) is 0. The lowest BCUT2D eigenvalue weighted by molar-refractivity contribution is -0.313. The van der Waals surface area contributed by atoms with Gasteiger partial charge in [0.05, 0.1) is 5.41 Å². The van der Waals surface area contributed by atoms with Gasteiger partial charge >= 0.3 is 30.3 Å².